The maximum atomic E-state index is 11.3. The highest BCUT2D eigenvalue weighted by Crippen LogP contribution is 2.47. The zero-order valence-corrected chi connectivity index (χ0v) is 9.78. The Morgan fingerprint density at radius 3 is 2.56 bits per heavy atom. The Hall–Kier alpha value is -0.650. The van der Waals surface area contributed by atoms with Gasteiger partial charge in [-0.05, 0) is 25.2 Å². The van der Waals surface area contributed by atoms with Crippen LogP contribution in [0.3, 0.4) is 0 Å². The number of methoxy groups -OCH3 is 1. The van der Waals surface area contributed by atoms with Crippen molar-refractivity contribution in [1.82, 2.24) is 0 Å². The predicted octanol–water partition coefficient (Wildman–Crippen LogP) is 0.479. The lowest BCUT2D eigenvalue weighted by molar-refractivity contribution is -0.151. The summed E-state index contributed by atoms with van der Waals surface area (Å²) < 4.78 is 10.2. The molecule has 1 unspecified atom stereocenters. The van der Waals surface area contributed by atoms with Crippen molar-refractivity contribution in [3.05, 3.63) is 0 Å². The first kappa shape index (κ1) is 13.4. The first-order valence-electron chi connectivity index (χ1n) is 5.67. The van der Waals surface area contributed by atoms with Crippen LogP contribution in [0.1, 0.15) is 19.3 Å². The fourth-order valence-corrected chi connectivity index (χ4v) is 1.98. The average molecular weight is 231 g/mol. The van der Waals surface area contributed by atoms with E-state index in [1.165, 1.54) is 0 Å². The zero-order valence-electron chi connectivity index (χ0n) is 9.78. The number of ether oxygens (including phenoxy) is 2. The standard InChI is InChI=1S/C11H21NO4/c1-15-6-7-16-5-4-11(8-12,10(13)14)9-2-3-9/h9H,2-8,12H2,1H3,(H,13,14). The van der Waals surface area contributed by atoms with Crippen molar-refractivity contribution < 1.29 is 19.4 Å². The van der Waals surface area contributed by atoms with Gasteiger partial charge in [0.05, 0.1) is 18.6 Å². The second-order valence-corrected chi connectivity index (χ2v) is 4.29. The molecule has 1 saturated carbocycles. The lowest BCUT2D eigenvalue weighted by Crippen LogP contribution is -2.41. The van der Waals surface area contributed by atoms with Crippen molar-refractivity contribution in [1.29, 1.82) is 0 Å². The number of carboxylic acids is 1. The fraction of sp³-hybridized carbons (Fsp3) is 0.909. The van der Waals surface area contributed by atoms with Gasteiger partial charge in [-0.25, -0.2) is 0 Å². The summed E-state index contributed by atoms with van der Waals surface area (Å²) >= 11 is 0. The molecule has 1 fully saturated rings. The van der Waals surface area contributed by atoms with Gasteiger partial charge in [0.2, 0.25) is 0 Å². The smallest absolute Gasteiger partial charge is 0.311 e. The highest BCUT2D eigenvalue weighted by Gasteiger charge is 2.49. The van der Waals surface area contributed by atoms with Crippen molar-refractivity contribution in [2.75, 3.05) is 33.5 Å². The number of aliphatic carboxylic acids is 1. The van der Waals surface area contributed by atoms with Crippen molar-refractivity contribution in [3.63, 3.8) is 0 Å². The van der Waals surface area contributed by atoms with Crippen molar-refractivity contribution in [2.24, 2.45) is 17.1 Å². The van der Waals surface area contributed by atoms with Gasteiger partial charge in [0.25, 0.3) is 0 Å². The Labute approximate surface area is 95.9 Å². The quantitative estimate of drug-likeness (QED) is 0.564. The molecule has 16 heavy (non-hydrogen) atoms. The summed E-state index contributed by atoms with van der Waals surface area (Å²) in [5.74, 6) is -0.547. The Morgan fingerprint density at radius 1 is 1.44 bits per heavy atom. The number of hydrogen-bond donors (Lipinski definition) is 2. The van der Waals surface area contributed by atoms with Crippen LogP contribution in [0.4, 0.5) is 0 Å². The van der Waals surface area contributed by atoms with Gasteiger partial charge in [-0.3, -0.25) is 4.79 Å². The van der Waals surface area contributed by atoms with Crippen LogP contribution in [0.15, 0.2) is 0 Å². The van der Waals surface area contributed by atoms with E-state index >= 15 is 0 Å². The number of nitrogens with two attached hydrogens (primary N) is 1. The van der Waals surface area contributed by atoms with E-state index in [1.807, 2.05) is 0 Å². The fourth-order valence-electron chi connectivity index (χ4n) is 1.98. The molecule has 3 N–H and O–H groups in total. The molecule has 0 aromatic carbocycles. The second kappa shape index (κ2) is 6.18. The van der Waals surface area contributed by atoms with E-state index in [0.29, 0.717) is 26.2 Å². The minimum absolute atomic E-state index is 0.195. The minimum Gasteiger partial charge on any atom is -0.481 e. The van der Waals surface area contributed by atoms with Crippen LogP contribution in [-0.2, 0) is 14.3 Å². The summed E-state index contributed by atoms with van der Waals surface area (Å²) in [4.78, 5) is 11.3. The molecule has 5 heteroatoms. The summed E-state index contributed by atoms with van der Waals surface area (Å²) in [6, 6.07) is 0. The Bertz CT molecular complexity index is 230. The van der Waals surface area contributed by atoms with E-state index in [4.69, 9.17) is 15.2 Å². The Morgan fingerprint density at radius 2 is 2.12 bits per heavy atom. The Balaban J connectivity index is 2.35. The largest absolute Gasteiger partial charge is 0.481 e. The topological polar surface area (TPSA) is 81.8 Å². The first-order chi connectivity index (χ1) is 7.67. The molecule has 1 aliphatic rings. The molecule has 94 valence electrons. The van der Waals surface area contributed by atoms with Gasteiger partial charge < -0.3 is 20.3 Å². The molecule has 0 aromatic heterocycles. The summed E-state index contributed by atoms with van der Waals surface area (Å²) in [6.45, 7) is 1.66. The first-order valence-corrected chi connectivity index (χ1v) is 5.67. The van der Waals surface area contributed by atoms with Gasteiger partial charge in [-0.15, -0.1) is 0 Å². The van der Waals surface area contributed by atoms with Crippen LogP contribution in [0.25, 0.3) is 0 Å². The Kier molecular flexibility index (Phi) is 5.18. The van der Waals surface area contributed by atoms with Gasteiger partial charge in [0.1, 0.15) is 0 Å². The average Bonchev–Trinajstić information content (AvgIpc) is 3.07. The van der Waals surface area contributed by atoms with Crippen molar-refractivity contribution in [2.45, 2.75) is 19.3 Å². The summed E-state index contributed by atoms with van der Waals surface area (Å²) in [5, 5.41) is 9.28. The van der Waals surface area contributed by atoms with Crippen LogP contribution in [-0.4, -0.2) is 44.6 Å². The van der Waals surface area contributed by atoms with Crippen LogP contribution in [0.5, 0.6) is 0 Å². The van der Waals surface area contributed by atoms with E-state index < -0.39 is 11.4 Å². The van der Waals surface area contributed by atoms with Crippen molar-refractivity contribution in [3.8, 4) is 0 Å². The molecule has 0 spiro atoms. The SMILES string of the molecule is COCCOCCC(CN)(C(=O)O)C1CC1. The zero-order chi connectivity index (χ0) is 12.0. The molecule has 0 bridgehead atoms. The molecular weight excluding hydrogens is 210 g/mol. The van der Waals surface area contributed by atoms with E-state index in [1.54, 1.807) is 7.11 Å². The molecule has 0 saturated heterocycles. The van der Waals surface area contributed by atoms with Crippen LogP contribution in [0, 0.1) is 11.3 Å². The highest BCUT2D eigenvalue weighted by atomic mass is 16.5. The molecule has 0 aliphatic heterocycles. The second-order valence-electron chi connectivity index (χ2n) is 4.29. The third-order valence-electron chi connectivity index (χ3n) is 3.27. The van der Waals surface area contributed by atoms with Crippen LogP contribution in [0.2, 0.25) is 0 Å². The molecule has 1 rings (SSSR count). The summed E-state index contributed by atoms with van der Waals surface area (Å²) in [7, 11) is 1.61. The molecule has 5 nitrogen and oxygen atoms in total. The third kappa shape index (κ3) is 3.17. The molecule has 0 amide bonds. The number of rotatable bonds is 9. The predicted molar refractivity (Wildman–Crippen MR) is 59.2 cm³/mol. The normalized spacial score (nSPS) is 19.4. The lowest BCUT2D eigenvalue weighted by atomic mass is 9.80. The van der Waals surface area contributed by atoms with Gasteiger partial charge in [-0.2, -0.15) is 0 Å². The summed E-state index contributed by atoms with van der Waals surface area (Å²) in [6.07, 6.45) is 2.44. The number of hydrogen-bond acceptors (Lipinski definition) is 4. The maximum absolute atomic E-state index is 11.3. The molecular formula is C11H21NO4. The van der Waals surface area contributed by atoms with E-state index in [0.717, 1.165) is 12.8 Å². The third-order valence-corrected chi connectivity index (χ3v) is 3.27. The highest BCUT2D eigenvalue weighted by molar-refractivity contribution is 5.76. The van der Waals surface area contributed by atoms with Gasteiger partial charge >= 0.3 is 5.97 Å². The van der Waals surface area contributed by atoms with Gasteiger partial charge in [0, 0.05) is 20.3 Å². The molecule has 1 aliphatic carbocycles. The van der Waals surface area contributed by atoms with Gasteiger partial charge in [0.15, 0.2) is 0 Å². The summed E-state index contributed by atoms with van der Waals surface area (Å²) in [5.41, 5.74) is 4.86. The lowest BCUT2D eigenvalue weighted by Gasteiger charge is -2.27. The van der Waals surface area contributed by atoms with Gasteiger partial charge in [-0.1, -0.05) is 0 Å². The molecule has 0 radical (unpaired) electrons. The van der Waals surface area contributed by atoms with Crippen LogP contribution < -0.4 is 5.73 Å². The van der Waals surface area contributed by atoms with E-state index in [2.05, 4.69) is 0 Å². The van der Waals surface area contributed by atoms with Crippen LogP contribution >= 0.6 is 0 Å². The molecule has 0 heterocycles. The molecule has 1 atom stereocenters. The minimum atomic E-state index is -0.784. The number of carbonyl (C=O) groups is 1. The van der Waals surface area contributed by atoms with E-state index in [-0.39, 0.29) is 12.5 Å². The number of carboxylic acid groups (broad SMARTS) is 1. The van der Waals surface area contributed by atoms with E-state index in [9.17, 15) is 9.90 Å². The van der Waals surface area contributed by atoms with Crippen molar-refractivity contribution >= 4 is 5.97 Å². The monoisotopic (exact) mass is 231 g/mol. The maximum Gasteiger partial charge on any atom is 0.311 e. The molecule has 0 aromatic rings.